The maximum atomic E-state index is 13.3. The third-order valence-electron chi connectivity index (χ3n) is 8.17. The lowest BCUT2D eigenvalue weighted by atomic mass is 9.47. The fraction of sp³-hybridized carbons (Fsp3) is 0.700. The minimum Gasteiger partial charge on any atom is -0.424 e. The van der Waals surface area contributed by atoms with Crippen molar-refractivity contribution < 1.29 is 24.5 Å². The van der Waals surface area contributed by atoms with Crippen molar-refractivity contribution in [2.45, 2.75) is 57.3 Å². The lowest BCUT2D eigenvalue weighted by Crippen LogP contribution is -2.68. The summed E-state index contributed by atoms with van der Waals surface area (Å²) in [5, 5.41) is 23.0. The fourth-order valence-corrected chi connectivity index (χ4v) is 6.69. The third-order valence-corrected chi connectivity index (χ3v) is 8.17. The summed E-state index contributed by atoms with van der Waals surface area (Å²) in [5.41, 5.74) is -3.02. The van der Waals surface area contributed by atoms with Gasteiger partial charge in [-0.1, -0.05) is 19.1 Å². The second-order valence-corrected chi connectivity index (χ2v) is 9.37. The number of aliphatic hydroxyl groups is 2. The second-order valence-electron chi connectivity index (χ2n) is 9.37. The maximum Gasteiger partial charge on any atom is 0.315 e. The number of carbonyl (C=O) groups excluding carboxylic acids is 2. The van der Waals surface area contributed by atoms with Gasteiger partial charge in [0.1, 0.15) is 0 Å². The number of carbonyl (C=O) groups is 2. The Kier molecular flexibility index (Phi) is 2.48. The first-order valence-corrected chi connectivity index (χ1v) is 9.17. The van der Waals surface area contributed by atoms with E-state index < -0.39 is 45.3 Å². The average Bonchev–Trinajstić information content (AvgIpc) is 3.26. The van der Waals surface area contributed by atoms with Gasteiger partial charge in [0.25, 0.3) is 5.79 Å². The number of rotatable bonds is 1. The molecule has 3 saturated carbocycles. The van der Waals surface area contributed by atoms with E-state index >= 15 is 0 Å². The summed E-state index contributed by atoms with van der Waals surface area (Å²) in [5.74, 6) is -3.73. The number of Topliss-reactive ketones (excluding diaryl/α,β-unsaturated/α-hetero) is 1. The van der Waals surface area contributed by atoms with Gasteiger partial charge in [0.05, 0.1) is 16.9 Å². The molecule has 0 aromatic carbocycles. The molecule has 1 spiro atoms. The minimum atomic E-state index is -2.14. The molecule has 5 rings (SSSR count). The van der Waals surface area contributed by atoms with Crippen molar-refractivity contribution in [3.05, 3.63) is 24.3 Å². The average molecular weight is 344 g/mol. The van der Waals surface area contributed by atoms with Crippen LogP contribution in [0.15, 0.2) is 24.3 Å². The van der Waals surface area contributed by atoms with E-state index in [0.717, 1.165) is 12.8 Å². The normalized spacial score (nSPS) is 58.5. The summed E-state index contributed by atoms with van der Waals surface area (Å²) in [7, 11) is 0. The molecule has 5 heteroatoms. The summed E-state index contributed by atoms with van der Waals surface area (Å²) in [6, 6.07) is 0. The lowest BCUT2D eigenvalue weighted by Gasteiger charge is -2.56. The van der Waals surface area contributed by atoms with E-state index in [1.165, 1.54) is 0 Å². The van der Waals surface area contributed by atoms with Gasteiger partial charge < -0.3 is 14.9 Å². The predicted molar refractivity (Wildman–Crippen MR) is 88.0 cm³/mol. The van der Waals surface area contributed by atoms with Crippen LogP contribution in [0.1, 0.15) is 46.0 Å². The molecule has 0 bridgehead atoms. The van der Waals surface area contributed by atoms with E-state index in [1.54, 1.807) is 19.1 Å². The van der Waals surface area contributed by atoms with Crippen molar-refractivity contribution >= 4 is 11.8 Å². The van der Waals surface area contributed by atoms with Crippen molar-refractivity contribution in [2.75, 3.05) is 0 Å². The molecule has 0 radical (unpaired) electrons. The first-order chi connectivity index (χ1) is 11.6. The highest BCUT2D eigenvalue weighted by atomic mass is 16.7. The fourth-order valence-electron chi connectivity index (χ4n) is 6.69. The van der Waals surface area contributed by atoms with Gasteiger partial charge in [0.15, 0.2) is 0 Å². The molecule has 0 aromatic rings. The Labute approximate surface area is 146 Å². The Hall–Kier alpha value is -1.46. The van der Waals surface area contributed by atoms with Crippen LogP contribution in [-0.2, 0) is 14.3 Å². The van der Waals surface area contributed by atoms with Crippen molar-refractivity contribution in [1.29, 1.82) is 0 Å². The van der Waals surface area contributed by atoms with E-state index in [0.29, 0.717) is 19.3 Å². The Morgan fingerprint density at radius 3 is 2.64 bits per heavy atom. The molecule has 7 atom stereocenters. The molecule has 4 fully saturated rings. The molecule has 134 valence electrons. The predicted octanol–water partition coefficient (Wildman–Crippen LogP) is 1.88. The van der Waals surface area contributed by atoms with Gasteiger partial charge in [0.2, 0.25) is 5.78 Å². The first kappa shape index (κ1) is 15.8. The number of hydrogen-bond donors (Lipinski definition) is 2. The quantitative estimate of drug-likeness (QED) is 0.560. The number of fused-ring (bicyclic) bond motifs is 1. The highest BCUT2D eigenvalue weighted by Gasteiger charge is 2.87. The molecule has 5 nitrogen and oxygen atoms in total. The Morgan fingerprint density at radius 1 is 1.24 bits per heavy atom. The summed E-state index contributed by atoms with van der Waals surface area (Å²) >= 11 is 0. The van der Waals surface area contributed by atoms with E-state index in [2.05, 4.69) is 6.58 Å². The molecule has 1 heterocycles. The van der Waals surface area contributed by atoms with Gasteiger partial charge in [-0.25, -0.2) is 0 Å². The number of allylic oxidation sites excluding steroid dienone is 2. The minimum absolute atomic E-state index is 0.223. The number of ether oxygens (including phenoxy) is 1. The Morgan fingerprint density at radius 2 is 1.96 bits per heavy atom. The van der Waals surface area contributed by atoms with Crippen LogP contribution in [-0.4, -0.2) is 33.4 Å². The van der Waals surface area contributed by atoms with Crippen molar-refractivity contribution in [3.8, 4) is 0 Å². The maximum absolute atomic E-state index is 13.3. The number of ketones is 1. The van der Waals surface area contributed by atoms with E-state index in [1.807, 2.05) is 6.92 Å². The molecular weight excluding hydrogens is 320 g/mol. The molecule has 0 amide bonds. The van der Waals surface area contributed by atoms with Crippen LogP contribution in [0.2, 0.25) is 0 Å². The smallest absolute Gasteiger partial charge is 0.315 e. The van der Waals surface area contributed by atoms with Gasteiger partial charge >= 0.3 is 5.97 Å². The monoisotopic (exact) mass is 344 g/mol. The van der Waals surface area contributed by atoms with Gasteiger partial charge in [-0.15, -0.1) is 6.58 Å². The highest BCUT2D eigenvalue weighted by molar-refractivity contribution is 6.08. The molecule has 2 N–H and O–H groups in total. The van der Waals surface area contributed by atoms with Crippen LogP contribution in [0.25, 0.3) is 0 Å². The lowest BCUT2D eigenvalue weighted by molar-refractivity contribution is -0.237. The summed E-state index contributed by atoms with van der Waals surface area (Å²) in [4.78, 5) is 25.9. The Bertz CT molecular complexity index is 785. The zero-order valence-electron chi connectivity index (χ0n) is 14.7. The second kappa shape index (κ2) is 3.94. The molecular formula is C20H24O5. The van der Waals surface area contributed by atoms with Crippen LogP contribution in [0, 0.1) is 28.1 Å². The molecule has 1 saturated heterocycles. The molecule has 1 aliphatic heterocycles. The topological polar surface area (TPSA) is 83.8 Å². The van der Waals surface area contributed by atoms with Gasteiger partial charge in [-0.05, 0) is 44.9 Å². The standard InChI is InChI=1S/C20H24O5/c1-4-16(2)7-8-19(23)12(10-16)13(21)20(24)14-17(3,15(22)25-20)6-5-11-9-18(11,14)19/h4,10-11,14,23-24H,1,5-9H2,2-3H3. The van der Waals surface area contributed by atoms with Crippen LogP contribution >= 0.6 is 0 Å². The number of esters is 1. The van der Waals surface area contributed by atoms with Gasteiger partial charge in [0, 0.05) is 16.4 Å². The van der Waals surface area contributed by atoms with Crippen LogP contribution in [0.4, 0.5) is 0 Å². The molecule has 7 unspecified atom stereocenters. The van der Waals surface area contributed by atoms with Gasteiger partial charge in [-0.2, -0.15) is 0 Å². The SMILES string of the molecule is C=CC1(C)C=C2C(=O)C3(O)OC(=O)C4(C)CCC5CC5(C43)C2(O)CC1. The van der Waals surface area contributed by atoms with E-state index in [9.17, 15) is 19.8 Å². The molecule has 4 aliphatic carbocycles. The summed E-state index contributed by atoms with van der Waals surface area (Å²) < 4.78 is 5.36. The first-order valence-electron chi connectivity index (χ1n) is 9.17. The summed E-state index contributed by atoms with van der Waals surface area (Å²) in [6.45, 7) is 7.60. The molecule has 5 aliphatic rings. The van der Waals surface area contributed by atoms with Crippen molar-refractivity contribution in [1.82, 2.24) is 0 Å². The highest BCUT2D eigenvalue weighted by Crippen LogP contribution is 2.81. The zero-order valence-corrected chi connectivity index (χ0v) is 14.7. The van der Waals surface area contributed by atoms with E-state index in [4.69, 9.17) is 4.74 Å². The molecule has 25 heavy (non-hydrogen) atoms. The largest absolute Gasteiger partial charge is 0.424 e. The van der Waals surface area contributed by atoms with Crippen molar-refractivity contribution in [2.24, 2.45) is 28.1 Å². The van der Waals surface area contributed by atoms with Gasteiger partial charge in [-0.3, -0.25) is 9.59 Å². The van der Waals surface area contributed by atoms with E-state index in [-0.39, 0.29) is 11.5 Å². The Balaban J connectivity index is 1.79. The zero-order chi connectivity index (χ0) is 18.0. The van der Waals surface area contributed by atoms with Crippen LogP contribution in [0.3, 0.4) is 0 Å². The van der Waals surface area contributed by atoms with Crippen molar-refractivity contribution in [3.63, 3.8) is 0 Å². The van der Waals surface area contributed by atoms with Crippen LogP contribution < -0.4 is 0 Å². The summed E-state index contributed by atoms with van der Waals surface area (Å²) in [6.07, 6.45) is 6.81. The number of hydrogen-bond acceptors (Lipinski definition) is 5. The molecule has 0 aromatic heterocycles. The third kappa shape index (κ3) is 1.40. The van der Waals surface area contributed by atoms with Crippen LogP contribution in [0.5, 0.6) is 0 Å².